The van der Waals surface area contributed by atoms with Gasteiger partial charge in [0.1, 0.15) is 0 Å². The molecule has 0 aliphatic carbocycles. The summed E-state index contributed by atoms with van der Waals surface area (Å²) < 4.78 is 2.08. The van der Waals surface area contributed by atoms with Gasteiger partial charge in [-0.05, 0) is 18.6 Å². The molecule has 0 aliphatic heterocycles. The molecule has 2 aromatic rings. The first-order valence-corrected chi connectivity index (χ1v) is 8.19. The van der Waals surface area contributed by atoms with E-state index in [1.54, 1.807) is 0 Å². The van der Waals surface area contributed by atoms with Gasteiger partial charge >= 0.3 is 0 Å². The monoisotopic (exact) mass is 319 g/mol. The van der Waals surface area contributed by atoms with Gasteiger partial charge in [0.05, 0.1) is 29.5 Å². The predicted octanol–water partition coefficient (Wildman–Crippen LogP) is 0.965. The number of aromatic nitrogens is 2. The second-order valence-electron chi connectivity index (χ2n) is 4.75. The number of benzene rings is 1. The zero-order valence-corrected chi connectivity index (χ0v) is 13.0. The third-order valence-corrected chi connectivity index (χ3v) is 3.93. The Morgan fingerprint density at radius 3 is 3.00 bits per heavy atom. The second-order valence-corrected chi connectivity index (χ2v) is 5.78. The summed E-state index contributed by atoms with van der Waals surface area (Å²) in [5.74, 6) is 0.306. The minimum Gasteiger partial charge on any atom is -0.369 e. The lowest BCUT2D eigenvalue weighted by Gasteiger charge is -2.06. The van der Waals surface area contributed by atoms with E-state index < -0.39 is 5.91 Å². The van der Waals surface area contributed by atoms with E-state index >= 15 is 0 Å². The SMILES string of the molecule is NC(=O)[CH]CSCC(=O)NCCCn1cnc2ccccc21. The Morgan fingerprint density at radius 1 is 1.36 bits per heavy atom. The third kappa shape index (κ3) is 5.07. The number of rotatable bonds is 9. The van der Waals surface area contributed by atoms with Crippen molar-refractivity contribution in [1.82, 2.24) is 14.9 Å². The van der Waals surface area contributed by atoms with E-state index in [4.69, 9.17) is 5.73 Å². The Balaban J connectivity index is 1.63. The molecule has 117 valence electrons. The topological polar surface area (TPSA) is 90.0 Å². The minimum absolute atomic E-state index is 0.0293. The van der Waals surface area contributed by atoms with E-state index in [2.05, 4.69) is 14.9 Å². The molecule has 6 nitrogen and oxygen atoms in total. The second kappa shape index (κ2) is 8.43. The highest BCUT2D eigenvalue weighted by Crippen LogP contribution is 2.11. The Hall–Kier alpha value is -2.02. The summed E-state index contributed by atoms with van der Waals surface area (Å²) in [7, 11) is 0. The molecule has 0 saturated carbocycles. The van der Waals surface area contributed by atoms with Crippen LogP contribution < -0.4 is 11.1 Å². The number of primary amides is 1. The van der Waals surface area contributed by atoms with E-state index in [1.807, 2.05) is 30.6 Å². The average Bonchev–Trinajstić information content (AvgIpc) is 2.91. The van der Waals surface area contributed by atoms with Crippen molar-refractivity contribution in [2.24, 2.45) is 5.73 Å². The standard InChI is InChI=1S/C15H19N4O2S/c16-14(20)6-9-22-10-15(21)17-7-3-8-19-11-18-12-4-1-2-5-13(12)19/h1-2,4-6,11H,3,7-10H2,(H2,16,20)(H,17,21). The van der Waals surface area contributed by atoms with Crippen molar-refractivity contribution in [2.75, 3.05) is 18.1 Å². The van der Waals surface area contributed by atoms with Gasteiger partial charge in [0.15, 0.2) is 0 Å². The van der Waals surface area contributed by atoms with Crippen molar-refractivity contribution in [1.29, 1.82) is 0 Å². The normalized spacial score (nSPS) is 10.7. The van der Waals surface area contributed by atoms with Gasteiger partial charge in [0, 0.05) is 18.8 Å². The number of nitrogens with two attached hydrogens (primary N) is 1. The maximum Gasteiger partial charge on any atom is 0.229 e. The molecule has 0 spiro atoms. The molecule has 3 N–H and O–H groups in total. The molecular weight excluding hydrogens is 300 g/mol. The van der Waals surface area contributed by atoms with Crippen molar-refractivity contribution in [3.8, 4) is 0 Å². The Morgan fingerprint density at radius 2 is 2.18 bits per heavy atom. The average molecular weight is 319 g/mol. The number of aryl methyl sites for hydroxylation is 1. The zero-order valence-electron chi connectivity index (χ0n) is 12.2. The number of carbonyl (C=O) groups is 2. The molecule has 2 amide bonds. The lowest BCUT2D eigenvalue weighted by atomic mass is 10.3. The summed E-state index contributed by atoms with van der Waals surface area (Å²) in [4.78, 5) is 26.4. The van der Waals surface area contributed by atoms with Gasteiger partial charge in [-0.3, -0.25) is 9.59 Å². The smallest absolute Gasteiger partial charge is 0.229 e. The minimum atomic E-state index is -0.458. The van der Waals surface area contributed by atoms with E-state index in [-0.39, 0.29) is 5.91 Å². The van der Waals surface area contributed by atoms with Crippen LogP contribution in [0.25, 0.3) is 11.0 Å². The van der Waals surface area contributed by atoms with E-state index in [0.29, 0.717) is 18.1 Å². The molecule has 22 heavy (non-hydrogen) atoms. The van der Waals surface area contributed by atoms with Crippen molar-refractivity contribution in [2.45, 2.75) is 13.0 Å². The molecule has 1 radical (unpaired) electrons. The molecule has 0 aliphatic rings. The van der Waals surface area contributed by atoms with E-state index in [0.717, 1.165) is 24.0 Å². The van der Waals surface area contributed by atoms with Gasteiger partial charge in [0.2, 0.25) is 11.8 Å². The highest BCUT2D eigenvalue weighted by molar-refractivity contribution is 8.00. The summed E-state index contributed by atoms with van der Waals surface area (Å²) in [5, 5.41) is 2.86. The molecule has 0 bridgehead atoms. The maximum absolute atomic E-state index is 11.6. The Bertz CT molecular complexity index is 641. The molecule has 7 heteroatoms. The quantitative estimate of drug-likeness (QED) is 0.674. The molecule has 1 aromatic carbocycles. The van der Waals surface area contributed by atoms with Crippen molar-refractivity contribution < 1.29 is 9.59 Å². The summed E-state index contributed by atoms with van der Waals surface area (Å²) >= 11 is 1.36. The number of carbonyl (C=O) groups excluding carboxylic acids is 2. The van der Waals surface area contributed by atoms with Crippen LogP contribution in [0.5, 0.6) is 0 Å². The van der Waals surface area contributed by atoms with Gasteiger partial charge in [0.25, 0.3) is 0 Å². The lowest BCUT2D eigenvalue weighted by molar-refractivity contribution is -0.118. The first-order valence-electron chi connectivity index (χ1n) is 7.04. The fourth-order valence-electron chi connectivity index (χ4n) is 2.01. The van der Waals surface area contributed by atoms with Gasteiger partial charge in [-0.2, -0.15) is 11.8 Å². The summed E-state index contributed by atoms with van der Waals surface area (Å²) in [6.07, 6.45) is 4.02. The molecule has 1 aromatic heterocycles. The molecule has 2 rings (SSSR count). The first kappa shape index (κ1) is 16.4. The number of nitrogens with one attached hydrogen (secondary N) is 1. The Labute approximate surface area is 133 Å². The van der Waals surface area contributed by atoms with Crippen LogP contribution in [0.1, 0.15) is 6.42 Å². The van der Waals surface area contributed by atoms with Gasteiger partial charge in [-0.25, -0.2) is 4.98 Å². The van der Waals surface area contributed by atoms with Crippen LogP contribution >= 0.6 is 11.8 Å². The number of hydrogen-bond donors (Lipinski definition) is 2. The van der Waals surface area contributed by atoms with Crippen molar-refractivity contribution in [3.05, 3.63) is 37.0 Å². The molecule has 0 saturated heterocycles. The molecule has 1 heterocycles. The number of nitrogens with zero attached hydrogens (tertiary/aromatic N) is 2. The van der Waals surface area contributed by atoms with Crippen LogP contribution in [0.3, 0.4) is 0 Å². The van der Waals surface area contributed by atoms with E-state index in [1.165, 1.54) is 18.2 Å². The highest BCUT2D eigenvalue weighted by Gasteiger charge is 2.03. The van der Waals surface area contributed by atoms with Crippen molar-refractivity contribution in [3.63, 3.8) is 0 Å². The summed E-state index contributed by atoms with van der Waals surface area (Å²) in [6, 6.07) is 7.97. The van der Waals surface area contributed by atoms with Crippen LogP contribution in [0, 0.1) is 6.42 Å². The number of imidazole rings is 1. The third-order valence-electron chi connectivity index (χ3n) is 3.06. The van der Waals surface area contributed by atoms with Crippen LogP contribution in [0.15, 0.2) is 30.6 Å². The maximum atomic E-state index is 11.6. The summed E-state index contributed by atoms with van der Waals surface area (Å²) in [6.45, 7) is 1.43. The number of hydrogen-bond acceptors (Lipinski definition) is 4. The number of fused-ring (bicyclic) bond motifs is 1. The van der Waals surface area contributed by atoms with Crippen LogP contribution in [0.4, 0.5) is 0 Å². The van der Waals surface area contributed by atoms with Gasteiger partial charge in [-0.1, -0.05) is 12.1 Å². The molecular formula is C15H19N4O2S. The van der Waals surface area contributed by atoms with Crippen LogP contribution in [-0.4, -0.2) is 39.4 Å². The van der Waals surface area contributed by atoms with Crippen molar-refractivity contribution >= 4 is 34.6 Å². The number of para-hydroxylation sites is 2. The molecule has 0 atom stereocenters. The number of thioether (sulfide) groups is 1. The van der Waals surface area contributed by atoms with Gasteiger partial charge < -0.3 is 15.6 Å². The van der Waals surface area contributed by atoms with Crippen LogP contribution in [-0.2, 0) is 16.1 Å². The predicted molar refractivity (Wildman–Crippen MR) is 88.2 cm³/mol. The zero-order chi connectivity index (χ0) is 15.8. The fraction of sp³-hybridized carbons (Fsp3) is 0.333. The summed E-state index contributed by atoms with van der Waals surface area (Å²) in [5.41, 5.74) is 7.06. The molecule has 0 unspecified atom stereocenters. The highest BCUT2D eigenvalue weighted by atomic mass is 32.2. The number of amides is 2. The first-order chi connectivity index (χ1) is 10.7. The Kier molecular flexibility index (Phi) is 6.27. The fourth-order valence-corrected chi connectivity index (χ4v) is 2.70. The van der Waals surface area contributed by atoms with Crippen LogP contribution in [0.2, 0.25) is 0 Å². The van der Waals surface area contributed by atoms with E-state index in [9.17, 15) is 9.59 Å². The van der Waals surface area contributed by atoms with Gasteiger partial charge in [-0.15, -0.1) is 0 Å². The lowest BCUT2D eigenvalue weighted by Crippen LogP contribution is -2.27. The molecule has 0 fully saturated rings. The largest absolute Gasteiger partial charge is 0.369 e.